The van der Waals surface area contributed by atoms with Crippen LogP contribution < -0.4 is 5.32 Å². The van der Waals surface area contributed by atoms with E-state index >= 15 is 0 Å². The van der Waals surface area contributed by atoms with Gasteiger partial charge in [0.25, 0.3) is 5.91 Å². The Kier molecular flexibility index (Phi) is 5.34. The molecule has 3 unspecified atom stereocenters. The lowest BCUT2D eigenvalue weighted by Gasteiger charge is -2.33. The zero-order valence-electron chi connectivity index (χ0n) is 17.1. The van der Waals surface area contributed by atoms with Crippen molar-refractivity contribution >= 4 is 17.5 Å². The maximum Gasteiger partial charge on any atom is 0.257 e. The van der Waals surface area contributed by atoms with Crippen molar-refractivity contribution in [2.75, 3.05) is 13.1 Å². The molecule has 0 bridgehead atoms. The van der Waals surface area contributed by atoms with Gasteiger partial charge in [0.2, 0.25) is 0 Å². The smallest absolute Gasteiger partial charge is 0.257 e. The lowest BCUT2D eigenvalue weighted by molar-refractivity contribution is -0.147. The molecule has 158 valence electrons. The summed E-state index contributed by atoms with van der Waals surface area (Å²) in [6, 6.07) is 17.7. The van der Waals surface area contributed by atoms with Crippen LogP contribution in [0, 0.1) is 17.8 Å². The molecule has 2 aliphatic carbocycles. The quantitative estimate of drug-likeness (QED) is 0.737. The predicted molar refractivity (Wildman–Crippen MR) is 118 cm³/mol. The molecule has 2 aromatic rings. The molecule has 3 fully saturated rings. The Bertz CT molecular complexity index is 902. The number of hydrogen-bond acceptors (Lipinski definition) is 3. The number of aliphatic hydroxyl groups is 1. The first-order chi connectivity index (χ1) is 14.6. The van der Waals surface area contributed by atoms with E-state index in [-0.39, 0.29) is 17.9 Å². The Labute approximate surface area is 183 Å². The summed E-state index contributed by atoms with van der Waals surface area (Å²) >= 11 is 6.31. The highest BCUT2D eigenvalue weighted by Crippen LogP contribution is 2.47. The number of amides is 1. The summed E-state index contributed by atoms with van der Waals surface area (Å²) in [5.74, 6) is 0.730. The van der Waals surface area contributed by atoms with Crippen LogP contribution in [0.1, 0.15) is 36.8 Å². The molecule has 0 radical (unpaired) electrons. The molecule has 5 heteroatoms. The Morgan fingerprint density at radius 2 is 1.67 bits per heavy atom. The summed E-state index contributed by atoms with van der Waals surface area (Å²) in [5.41, 5.74) is 0.451. The van der Waals surface area contributed by atoms with E-state index < -0.39 is 5.60 Å². The Hall–Kier alpha value is -1.88. The van der Waals surface area contributed by atoms with Gasteiger partial charge in [-0.1, -0.05) is 73.0 Å². The minimum Gasteiger partial charge on any atom is -0.375 e. The molecule has 0 aromatic heterocycles. The average molecular weight is 425 g/mol. The number of halogens is 1. The van der Waals surface area contributed by atoms with Gasteiger partial charge in [-0.15, -0.1) is 0 Å². The third-order valence-electron chi connectivity index (χ3n) is 7.43. The molecule has 4 atom stereocenters. The number of rotatable bonds is 6. The largest absolute Gasteiger partial charge is 0.375 e. The Morgan fingerprint density at radius 1 is 1.03 bits per heavy atom. The highest BCUT2D eigenvalue weighted by molar-refractivity contribution is 6.31. The number of nitrogens with zero attached hydrogens (tertiary/aromatic N) is 1. The SMILES string of the molecule is O=C(NC1C2CN(Cc3ccccc3Cl)C[C@@H]21)C(O)(c1ccccc1)C1CCCC1. The molecular weight excluding hydrogens is 396 g/mol. The molecular formula is C25H29ClN2O2. The van der Waals surface area contributed by atoms with E-state index in [0.29, 0.717) is 11.8 Å². The van der Waals surface area contributed by atoms with E-state index in [9.17, 15) is 9.90 Å². The van der Waals surface area contributed by atoms with Crippen molar-refractivity contribution in [3.63, 3.8) is 0 Å². The van der Waals surface area contributed by atoms with Gasteiger partial charge in [0.05, 0.1) is 0 Å². The van der Waals surface area contributed by atoms with Gasteiger partial charge in [-0.2, -0.15) is 0 Å². The first-order valence-corrected chi connectivity index (χ1v) is 11.5. The van der Waals surface area contributed by atoms with Gasteiger partial charge in [-0.05, 0) is 41.9 Å². The van der Waals surface area contributed by atoms with Crippen LogP contribution in [0.3, 0.4) is 0 Å². The second-order valence-electron chi connectivity index (χ2n) is 9.23. The van der Waals surface area contributed by atoms with Crippen LogP contribution in [0.2, 0.25) is 5.02 Å². The highest BCUT2D eigenvalue weighted by atomic mass is 35.5. The number of hydrogen-bond donors (Lipinski definition) is 2. The van der Waals surface area contributed by atoms with Crippen molar-refractivity contribution in [1.82, 2.24) is 10.2 Å². The van der Waals surface area contributed by atoms with Gasteiger partial charge in [0.15, 0.2) is 5.60 Å². The summed E-state index contributed by atoms with van der Waals surface area (Å²) in [4.78, 5) is 15.8. The van der Waals surface area contributed by atoms with E-state index in [0.717, 1.165) is 61.5 Å². The minimum atomic E-state index is -1.42. The van der Waals surface area contributed by atoms with Gasteiger partial charge in [-0.25, -0.2) is 0 Å². The number of piperidine rings is 1. The fourth-order valence-corrected chi connectivity index (χ4v) is 5.87. The van der Waals surface area contributed by atoms with Crippen LogP contribution in [-0.2, 0) is 16.9 Å². The lowest BCUT2D eigenvalue weighted by Crippen LogP contribution is -2.50. The fraction of sp³-hybridized carbons (Fsp3) is 0.480. The fourth-order valence-electron chi connectivity index (χ4n) is 5.67. The normalized spacial score (nSPS) is 28.1. The second kappa shape index (κ2) is 7.99. The lowest BCUT2D eigenvalue weighted by atomic mass is 9.79. The molecule has 2 N–H and O–H groups in total. The maximum atomic E-state index is 13.4. The standard InChI is InChI=1S/C25H29ClN2O2/c26-22-13-7-4-8-17(22)14-28-15-20-21(16-28)23(20)27-24(29)25(30,19-11-5-6-12-19)18-9-2-1-3-10-18/h1-4,7-10,13,19-21,23,30H,5-6,11-12,14-16H2,(H,27,29)/t20-,21?,23?,25?/m0/s1. The molecule has 1 saturated heterocycles. The van der Waals surface area contributed by atoms with E-state index in [1.807, 2.05) is 48.5 Å². The third-order valence-corrected chi connectivity index (χ3v) is 7.79. The molecule has 3 aliphatic rings. The summed E-state index contributed by atoms with van der Waals surface area (Å²) in [5, 5.41) is 15.7. The number of benzene rings is 2. The van der Waals surface area contributed by atoms with Crippen molar-refractivity contribution in [1.29, 1.82) is 0 Å². The van der Waals surface area contributed by atoms with Crippen molar-refractivity contribution in [2.24, 2.45) is 17.8 Å². The van der Waals surface area contributed by atoms with Gasteiger partial charge in [0, 0.05) is 36.6 Å². The molecule has 2 saturated carbocycles. The minimum absolute atomic E-state index is 0.00443. The van der Waals surface area contributed by atoms with Crippen molar-refractivity contribution in [3.05, 3.63) is 70.7 Å². The summed E-state index contributed by atoms with van der Waals surface area (Å²) in [6.45, 7) is 2.78. The molecule has 1 heterocycles. The summed E-state index contributed by atoms with van der Waals surface area (Å²) < 4.78 is 0. The molecule has 30 heavy (non-hydrogen) atoms. The third kappa shape index (κ3) is 3.55. The molecule has 5 rings (SSSR count). The molecule has 0 spiro atoms. The summed E-state index contributed by atoms with van der Waals surface area (Å²) in [7, 11) is 0. The van der Waals surface area contributed by atoms with Crippen LogP contribution in [0.25, 0.3) is 0 Å². The zero-order chi connectivity index (χ0) is 20.7. The van der Waals surface area contributed by atoms with E-state index in [1.165, 1.54) is 0 Å². The van der Waals surface area contributed by atoms with Crippen LogP contribution >= 0.6 is 11.6 Å². The van der Waals surface area contributed by atoms with Crippen LogP contribution in [0.5, 0.6) is 0 Å². The number of fused-ring (bicyclic) bond motifs is 1. The molecule has 1 aliphatic heterocycles. The molecule has 2 aromatic carbocycles. The molecule has 4 nitrogen and oxygen atoms in total. The van der Waals surface area contributed by atoms with Gasteiger partial charge in [0.1, 0.15) is 0 Å². The highest BCUT2D eigenvalue weighted by Gasteiger charge is 2.58. The Morgan fingerprint density at radius 3 is 2.33 bits per heavy atom. The van der Waals surface area contributed by atoms with Gasteiger partial charge >= 0.3 is 0 Å². The Balaban J connectivity index is 1.24. The van der Waals surface area contributed by atoms with E-state index in [1.54, 1.807) is 0 Å². The predicted octanol–water partition coefficient (Wildman–Crippen LogP) is 3.96. The zero-order valence-corrected chi connectivity index (χ0v) is 17.9. The number of nitrogens with one attached hydrogen (secondary N) is 1. The van der Waals surface area contributed by atoms with Gasteiger partial charge in [-0.3, -0.25) is 9.69 Å². The van der Waals surface area contributed by atoms with E-state index in [2.05, 4.69) is 16.3 Å². The first kappa shape index (κ1) is 20.0. The number of carbonyl (C=O) groups is 1. The van der Waals surface area contributed by atoms with Crippen molar-refractivity contribution in [3.8, 4) is 0 Å². The van der Waals surface area contributed by atoms with E-state index in [4.69, 9.17) is 11.6 Å². The summed E-state index contributed by atoms with van der Waals surface area (Å²) in [6.07, 6.45) is 3.97. The second-order valence-corrected chi connectivity index (χ2v) is 9.63. The first-order valence-electron chi connectivity index (χ1n) is 11.1. The topological polar surface area (TPSA) is 52.6 Å². The number of likely N-dealkylation sites (tertiary alicyclic amines) is 1. The van der Waals surface area contributed by atoms with Crippen LogP contribution in [-0.4, -0.2) is 35.0 Å². The average Bonchev–Trinajstić information content (AvgIpc) is 3.18. The van der Waals surface area contributed by atoms with Crippen molar-refractivity contribution in [2.45, 2.75) is 43.9 Å². The monoisotopic (exact) mass is 424 g/mol. The maximum absolute atomic E-state index is 13.4. The van der Waals surface area contributed by atoms with Crippen LogP contribution in [0.4, 0.5) is 0 Å². The van der Waals surface area contributed by atoms with Crippen molar-refractivity contribution < 1.29 is 9.90 Å². The van der Waals surface area contributed by atoms with Crippen LogP contribution in [0.15, 0.2) is 54.6 Å². The number of carbonyl (C=O) groups excluding carboxylic acids is 1. The molecule has 1 amide bonds. The van der Waals surface area contributed by atoms with Gasteiger partial charge < -0.3 is 10.4 Å².